The van der Waals surface area contributed by atoms with E-state index in [1.807, 2.05) is 12.1 Å². The van der Waals surface area contributed by atoms with Crippen LogP contribution in [0.15, 0.2) is 119 Å². The SMILES string of the molecule is CC1NCCN(C2COCCN2C2CCCN2CC(C)(C)c2ccccc2NS(=O)(=O)c2ccccc2N(F)S(=O)(=O)c2ccccc2)C1(C)C(c1ccccc1)N1CCNCC1. The molecule has 13 nitrogen and oxygen atoms in total. The van der Waals surface area contributed by atoms with Gasteiger partial charge in [-0.15, -0.1) is 0 Å². The number of rotatable bonds is 14. The molecule has 8 rings (SSSR count). The highest BCUT2D eigenvalue weighted by Crippen LogP contribution is 2.44. The number of nitrogens with one attached hydrogen (secondary N) is 3. The van der Waals surface area contributed by atoms with Crippen LogP contribution in [0.1, 0.15) is 57.7 Å². The Labute approximate surface area is 373 Å². The van der Waals surface area contributed by atoms with Crippen LogP contribution in [0.5, 0.6) is 0 Å². The summed E-state index contributed by atoms with van der Waals surface area (Å²) in [7, 11) is -9.19. The number of halogens is 1. The summed E-state index contributed by atoms with van der Waals surface area (Å²) in [5, 5.41) is 7.44. The van der Waals surface area contributed by atoms with Crippen molar-refractivity contribution in [3.8, 4) is 0 Å². The van der Waals surface area contributed by atoms with Crippen molar-refractivity contribution in [3.63, 3.8) is 0 Å². The standard InChI is InChI=1S/C47H63FN8O5S2/c1-36-47(4,45(37-16-7-5-8-17-37)52-29-25-49-26-30-52)55(31-27-50-36)44-34-61-33-32-54(44)43-24-15-28-53(43)35-46(2,3)39-20-11-12-21-40(39)51-62(57,58)42-23-14-13-22-41(42)56(48)63(59,60)38-18-9-6-10-19-38/h5-14,16-23,36,43-45,49-51H,15,24-35H2,1-4H3. The lowest BCUT2D eigenvalue weighted by Gasteiger charge is -2.61. The lowest BCUT2D eigenvalue weighted by molar-refractivity contribution is -0.170. The van der Waals surface area contributed by atoms with Gasteiger partial charge in [0.2, 0.25) is 0 Å². The van der Waals surface area contributed by atoms with E-state index in [0.717, 1.165) is 76.8 Å². The number of morpholine rings is 1. The quantitative estimate of drug-likeness (QED) is 0.137. The molecule has 0 spiro atoms. The lowest BCUT2D eigenvalue weighted by Crippen LogP contribution is -2.76. The third-order valence-corrected chi connectivity index (χ3v) is 16.7. The Kier molecular flexibility index (Phi) is 13.7. The molecular weight excluding hydrogens is 840 g/mol. The molecule has 4 aromatic carbocycles. The first kappa shape index (κ1) is 45.6. The number of anilines is 2. The molecule has 4 heterocycles. The van der Waals surface area contributed by atoms with Gasteiger partial charge < -0.3 is 15.4 Å². The predicted octanol–water partition coefficient (Wildman–Crippen LogP) is 5.62. The molecule has 4 aromatic rings. The minimum absolute atomic E-state index is 0.0380. The van der Waals surface area contributed by atoms with Gasteiger partial charge in [0.25, 0.3) is 20.0 Å². The molecular formula is C47H63FN8O5S2. The highest BCUT2D eigenvalue weighted by atomic mass is 32.2. The molecule has 5 atom stereocenters. The van der Waals surface area contributed by atoms with Crippen LogP contribution >= 0.6 is 0 Å². The van der Waals surface area contributed by atoms with E-state index < -0.39 is 40.6 Å². The fraction of sp³-hybridized carbons (Fsp3) is 0.489. The molecule has 5 unspecified atom stereocenters. The topological polar surface area (TPSA) is 130 Å². The number of nitrogens with zero attached hydrogens (tertiary/aromatic N) is 5. The molecule has 4 saturated heterocycles. The molecule has 4 aliphatic heterocycles. The summed E-state index contributed by atoms with van der Waals surface area (Å²) in [6, 6.07) is 30.9. The first-order valence-corrected chi connectivity index (χ1v) is 25.2. The van der Waals surface area contributed by atoms with E-state index in [1.165, 1.54) is 48.0 Å². The highest BCUT2D eigenvalue weighted by Gasteiger charge is 2.54. The monoisotopic (exact) mass is 902 g/mol. The normalized spacial score (nSPS) is 25.4. The lowest BCUT2D eigenvalue weighted by atomic mass is 9.76. The van der Waals surface area contributed by atoms with Crippen molar-refractivity contribution in [2.45, 2.75) is 85.7 Å². The van der Waals surface area contributed by atoms with E-state index in [2.05, 4.69) is 93.0 Å². The number of likely N-dealkylation sites (tertiary alicyclic amines) is 1. The highest BCUT2D eigenvalue weighted by molar-refractivity contribution is 7.94. The summed E-state index contributed by atoms with van der Waals surface area (Å²) >= 11 is 0. The Bertz CT molecular complexity index is 2390. The summed E-state index contributed by atoms with van der Waals surface area (Å²) in [4.78, 5) is 9.86. The Hall–Kier alpha value is -3.97. The summed E-state index contributed by atoms with van der Waals surface area (Å²) in [5.74, 6) is 0. The summed E-state index contributed by atoms with van der Waals surface area (Å²) in [6.07, 6.45) is 2.21. The molecule has 340 valence electrons. The maximum Gasteiger partial charge on any atom is 0.290 e. The first-order chi connectivity index (χ1) is 30.2. The first-order valence-electron chi connectivity index (χ1n) is 22.3. The predicted molar refractivity (Wildman–Crippen MR) is 246 cm³/mol. The zero-order valence-electron chi connectivity index (χ0n) is 36.9. The molecule has 0 radical (unpaired) electrons. The van der Waals surface area contributed by atoms with Gasteiger partial charge in [-0.05, 0) is 74.7 Å². The number of hydrogen-bond donors (Lipinski definition) is 3. The number of ether oxygens (including phenoxy) is 1. The van der Waals surface area contributed by atoms with E-state index >= 15 is 4.48 Å². The second-order valence-electron chi connectivity index (χ2n) is 18.1. The fourth-order valence-corrected chi connectivity index (χ4v) is 13.1. The molecule has 0 aliphatic carbocycles. The largest absolute Gasteiger partial charge is 0.377 e. The molecule has 16 heteroatoms. The molecule has 3 N–H and O–H groups in total. The molecule has 4 aliphatic rings. The summed E-state index contributed by atoms with van der Waals surface area (Å²) in [6.45, 7) is 18.3. The van der Waals surface area contributed by atoms with Gasteiger partial charge in [-0.2, -0.15) is 8.42 Å². The maximum absolute atomic E-state index is 16.0. The van der Waals surface area contributed by atoms with Gasteiger partial charge in [0, 0.05) is 63.8 Å². The van der Waals surface area contributed by atoms with Gasteiger partial charge in [0.05, 0.1) is 47.7 Å². The van der Waals surface area contributed by atoms with Crippen LogP contribution in [0.25, 0.3) is 0 Å². The molecule has 0 amide bonds. The van der Waals surface area contributed by atoms with Crippen molar-refractivity contribution in [1.82, 2.24) is 30.2 Å². The third kappa shape index (κ3) is 9.16. The average Bonchev–Trinajstić information content (AvgIpc) is 3.75. The van der Waals surface area contributed by atoms with Crippen LogP contribution < -0.4 is 19.9 Å². The number of benzene rings is 4. The van der Waals surface area contributed by atoms with Crippen molar-refractivity contribution >= 4 is 31.4 Å². The minimum Gasteiger partial charge on any atom is -0.377 e. The van der Waals surface area contributed by atoms with Gasteiger partial charge >= 0.3 is 0 Å². The van der Waals surface area contributed by atoms with Crippen LogP contribution in [0.4, 0.5) is 15.9 Å². The van der Waals surface area contributed by atoms with Gasteiger partial charge in [0.1, 0.15) is 10.6 Å². The Morgan fingerprint density at radius 2 is 1.51 bits per heavy atom. The van der Waals surface area contributed by atoms with E-state index in [4.69, 9.17) is 4.74 Å². The number of para-hydroxylation sites is 2. The smallest absolute Gasteiger partial charge is 0.290 e. The van der Waals surface area contributed by atoms with E-state index in [9.17, 15) is 16.8 Å². The van der Waals surface area contributed by atoms with Crippen molar-refractivity contribution in [2.24, 2.45) is 0 Å². The third-order valence-electron chi connectivity index (χ3n) is 13.8. The molecule has 0 bridgehead atoms. The van der Waals surface area contributed by atoms with Gasteiger partial charge in [-0.1, -0.05) is 102 Å². The van der Waals surface area contributed by atoms with Crippen molar-refractivity contribution in [1.29, 1.82) is 0 Å². The van der Waals surface area contributed by atoms with Gasteiger partial charge in [-0.25, -0.2) is 8.42 Å². The van der Waals surface area contributed by atoms with E-state index in [1.54, 1.807) is 18.2 Å². The van der Waals surface area contributed by atoms with Crippen molar-refractivity contribution in [2.75, 3.05) is 81.4 Å². The van der Waals surface area contributed by atoms with Crippen LogP contribution in [-0.4, -0.2) is 132 Å². The second kappa shape index (κ2) is 18.9. The molecule has 0 aromatic heterocycles. The molecule has 0 saturated carbocycles. The molecule has 63 heavy (non-hydrogen) atoms. The number of piperazine rings is 2. The zero-order chi connectivity index (χ0) is 44.4. The van der Waals surface area contributed by atoms with E-state index in [-0.39, 0.29) is 34.8 Å². The average molecular weight is 903 g/mol. The Morgan fingerprint density at radius 1 is 0.841 bits per heavy atom. The Morgan fingerprint density at radius 3 is 2.25 bits per heavy atom. The van der Waals surface area contributed by atoms with Crippen LogP contribution in [-0.2, 0) is 30.2 Å². The van der Waals surface area contributed by atoms with Gasteiger partial charge in [-0.3, -0.25) is 24.3 Å². The number of hydrogen-bond acceptors (Lipinski definition) is 11. The van der Waals surface area contributed by atoms with Crippen molar-refractivity contribution < 1.29 is 26.1 Å². The zero-order valence-corrected chi connectivity index (χ0v) is 38.5. The fourth-order valence-electron chi connectivity index (χ4n) is 10.6. The van der Waals surface area contributed by atoms with Crippen LogP contribution in [0.2, 0.25) is 0 Å². The molecule has 4 fully saturated rings. The summed E-state index contributed by atoms with van der Waals surface area (Å²) < 4.78 is 79.6. The minimum atomic E-state index is -4.70. The maximum atomic E-state index is 16.0. The van der Waals surface area contributed by atoms with E-state index in [0.29, 0.717) is 25.4 Å². The second-order valence-corrected chi connectivity index (χ2v) is 21.5. The number of sulfonamides is 2. The Balaban J connectivity index is 1.06. The van der Waals surface area contributed by atoms with Crippen molar-refractivity contribution in [3.05, 3.63) is 120 Å². The van der Waals surface area contributed by atoms with Crippen LogP contribution in [0, 0.1) is 0 Å². The summed E-state index contributed by atoms with van der Waals surface area (Å²) in [5.41, 5.74) is 1.01. The van der Waals surface area contributed by atoms with Gasteiger partial charge in [0.15, 0.2) is 0 Å². The van der Waals surface area contributed by atoms with Crippen LogP contribution in [0.3, 0.4) is 0 Å².